The molecule has 0 atom stereocenters. The van der Waals surface area contributed by atoms with Crippen LogP contribution >= 0.6 is 0 Å². The number of nitrogens with one attached hydrogen (secondary N) is 2. The molecule has 140 valence electrons. The highest BCUT2D eigenvalue weighted by molar-refractivity contribution is 7.90. The molecule has 0 saturated carbocycles. The smallest absolute Gasteiger partial charge is 0.406 e. The fourth-order valence-electron chi connectivity index (χ4n) is 2.00. The van der Waals surface area contributed by atoms with Gasteiger partial charge in [0.2, 0.25) is 5.91 Å². The minimum atomic E-state index is -4.80. The zero-order valence-electron chi connectivity index (χ0n) is 13.5. The number of carbonyl (C=O) groups is 1. The average Bonchev–Trinajstić information content (AvgIpc) is 2.51. The van der Waals surface area contributed by atoms with E-state index in [1.54, 1.807) is 0 Å². The lowest BCUT2D eigenvalue weighted by Gasteiger charge is -2.11. The number of rotatable bonds is 6. The zero-order valence-corrected chi connectivity index (χ0v) is 14.3. The van der Waals surface area contributed by atoms with E-state index in [0.29, 0.717) is 0 Å². The van der Waals surface area contributed by atoms with Gasteiger partial charge in [-0.1, -0.05) is 12.1 Å². The van der Waals surface area contributed by atoms with Gasteiger partial charge in [-0.25, -0.2) is 8.42 Å². The van der Waals surface area contributed by atoms with Gasteiger partial charge in [0.1, 0.15) is 5.75 Å². The molecule has 0 radical (unpaired) electrons. The number of alkyl halides is 3. The number of halogens is 3. The molecule has 26 heavy (non-hydrogen) atoms. The fourth-order valence-corrected chi connectivity index (χ4v) is 2.66. The third kappa shape index (κ3) is 6.28. The summed E-state index contributed by atoms with van der Waals surface area (Å²) < 4.78 is 63.4. The number of hydrogen-bond donors (Lipinski definition) is 2. The van der Waals surface area contributed by atoms with Gasteiger partial charge in [-0.05, 0) is 30.3 Å². The van der Waals surface area contributed by atoms with Crippen LogP contribution in [-0.2, 0) is 14.6 Å². The van der Waals surface area contributed by atoms with Crippen LogP contribution in [0.2, 0.25) is 0 Å². The van der Waals surface area contributed by atoms with E-state index >= 15 is 0 Å². The van der Waals surface area contributed by atoms with E-state index in [0.717, 1.165) is 18.4 Å². The number of amides is 1. The minimum Gasteiger partial charge on any atom is -0.406 e. The maximum absolute atomic E-state index is 12.2. The Hall–Kier alpha value is -2.75. The summed E-state index contributed by atoms with van der Waals surface area (Å²) >= 11 is 0. The molecule has 2 N–H and O–H groups in total. The predicted octanol–water partition coefficient (Wildman–Crippen LogP) is 3.04. The average molecular weight is 388 g/mol. The van der Waals surface area contributed by atoms with Crippen molar-refractivity contribution < 1.29 is 31.1 Å². The van der Waals surface area contributed by atoms with E-state index in [2.05, 4.69) is 15.4 Å². The van der Waals surface area contributed by atoms with Gasteiger partial charge in [-0.2, -0.15) is 0 Å². The third-order valence-corrected chi connectivity index (χ3v) is 4.18. The van der Waals surface area contributed by atoms with Crippen molar-refractivity contribution in [1.29, 1.82) is 0 Å². The summed E-state index contributed by atoms with van der Waals surface area (Å²) in [7, 11) is -3.41. The van der Waals surface area contributed by atoms with Gasteiger partial charge < -0.3 is 15.4 Å². The lowest BCUT2D eigenvalue weighted by molar-refractivity contribution is -0.274. The van der Waals surface area contributed by atoms with Gasteiger partial charge in [0.25, 0.3) is 0 Å². The standard InChI is InChI=1S/C16H15F3N2O4S/c1-26(23,24)14-7-3-5-12(9-14)21-15(22)10-20-11-4-2-6-13(8-11)25-16(17,18)19/h2-9,20H,10H2,1H3,(H,21,22). The van der Waals surface area contributed by atoms with Crippen molar-refractivity contribution >= 4 is 27.1 Å². The summed E-state index contributed by atoms with van der Waals surface area (Å²) in [5.41, 5.74) is 0.542. The molecule has 0 saturated heterocycles. The van der Waals surface area contributed by atoms with Crippen LogP contribution in [0.15, 0.2) is 53.4 Å². The van der Waals surface area contributed by atoms with Crippen LogP contribution in [0.4, 0.5) is 24.5 Å². The van der Waals surface area contributed by atoms with E-state index in [9.17, 15) is 26.4 Å². The van der Waals surface area contributed by atoms with E-state index in [4.69, 9.17) is 0 Å². The van der Waals surface area contributed by atoms with E-state index in [1.807, 2.05) is 0 Å². The Morgan fingerprint density at radius 1 is 1.08 bits per heavy atom. The van der Waals surface area contributed by atoms with Crippen molar-refractivity contribution in [1.82, 2.24) is 0 Å². The second-order valence-electron chi connectivity index (χ2n) is 5.28. The monoisotopic (exact) mass is 388 g/mol. The van der Waals surface area contributed by atoms with Gasteiger partial charge in [0, 0.05) is 23.7 Å². The molecule has 0 unspecified atom stereocenters. The molecule has 0 aromatic heterocycles. The largest absolute Gasteiger partial charge is 0.573 e. The Morgan fingerprint density at radius 3 is 2.38 bits per heavy atom. The van der Waals surface area contributed by atoms with Gasteiger partial charge >= 0.3 is 6.36 Å². The van der Waals surface area contributed by atoms with Crippen LogP contribution in [0.3, 0.4) is 0 Å². The first kappa shape index (κ1) is 19.6. The molecule has 2 aromatic carbocycles. The number of anilines is 2. The zero-order chi connectivity index (χ0) is 19.4. The summed E-state index contributed by atoms with van der Waals surface area (Å²) in [4.78, 5) is 12.0. The molecule has 0 spiro atoms. The highest BCUT2D eigenvalue weighted by Crippen LogP contribution is 2.25. The topological polar surface area (TPSA) is 84.5 Å². The lowest BCUT2D eigenvalue weighted by atomic mass is 10.3. The quantitative estimate of drug-likeness (QED) is 0.795. The normalized spacial score (nSPS) is 11.7. The summed E-state index contributed by atoms with van der Waals surface area (Å²) in [6.07, 6.45) is -3.76. The SMILES string of the molecule is CS(=O)(=O)c1cccc(NC(=O)CNc2cccc(OC(F)(F)F)c2)c1. The molecule has 10 heteroatoms. The molecule has 2 rings (SSSR count). The fraction of sp³-hybridized carbons (Fsp3) is 0.188. The van der Waals surface area contributed by atoms with Crippen LogP contribution in [0, 0.1) is 0 Å². The van der Waals surface area contributed by atoms with Crippen LogP contribution in [0.5, 0.6) is 5.75 Å². The maximum Gasteiger partial charge on any atom is 0.573 e. The molecule has 6 nitrogen and oxygen atoms in total. The summed E-state index contributed by atoms with van der Waals surface area (Å²) in [5, 5.41) is 5.16. The molecule has 0 bridgehead atoms. The van der Waals surface area contributed by atoms with Crippen molar-refractivity contribution in [2.75, 3.05) is 23.4 Å². The lowest BCUT2D eigenvalue weighted by Crippen LogP contribution is -2.22. The van der Waals surface area contributed by atoms with Crippen molar-refractivity contribution in [2.24, 2.45) is 0 Å². The van der Waals surface area contributed by atoms with Crippen LogP contribution in [0.25, 0.3) is 0 Å². The molecule has 0 heterocycles. The maximum atomic E-state index is 12.2. The van der Waals surface area contributed by atoms with Crippen molar-refractivity contribution in [3.63, 3.8) is 0 Å². The second kappa shape index (κ2) is 7.65. The first-order valence-corrected chi connectivity index (χ1v) is 9.12. The van der Waals surface area contributed by atoms with Gasteiger partial charge in [-0.15, -0.1) is 13.2 Å². The molecule has 0 aliphatic rings. The third-order valence-electron chi connectivity index (χ3n) is 3.07. The first-order chi connectivity index (χ1) is 12.0. The highest BCUT2D eigenvalue weighted by Gasteiger charge is 2.31. The molecular weight excluding hydrogens is 373 g/mol. The minimum absolute atomic E-state index is 0.0558. The number of benzene rings is 2. The van der Waals surface area contributed by atoms with Crippen LogP contribution < -0.4 is 15.4 Å². The van der Waals surface area contributed by atoms with Gasteiger partial charge in [0.05, 0.1) is 11.4 Å². The Bertz CT molecular complexity index is 898. The van der Waals surface area contributed by atoms with Crippen LogP contribution in [-0.4, -0.2) is 33.5 Å². The molecule has 2 aromatic rings. The number of ether oxygens (including phenoxy) is 1. The molecule has 0 fully saturated rings. The molecule has 0 aliphatic heterocycles. The molecule has 0 aliphatic carbocycles. The Balaban J connectivity index is 1.96. The van der Waals surface area contributed by atoms with E-state index in [-0.39, 0.29) is 22.8 Å². The van der Waals surface area contributed by atoms with Crippen molar-refractivity contribution in [2.45, 2.75) is 11.3 Å². The Labute approximate surface area is 147 Å². The summed E-state index contributed by atoms with van der Waals surface area (Å²) in [5.74, 6) is -0.915. The Morgan fingerprint density at radius 2 is 1.73 bits per heavy atom. The number of carbonyl (C=O) groups excluding carboxylic acids is 1. The predicted molar refractivity (Wildman–Crippen MR) is 89.8 cm³/mol. The van der Waals surface area contributed by atoms with Gasteiger partial charge in [-0.3, -0.25) is 4.79 Å². The van der Waals surface area contributed by atoms with Crippen molar-refractivity contribution in [3.8, 4) is 5.75 Å². The summed E-state index contributed by atoms with van der Waals surface area (Å²) in [6, 6.07) is 10.8. The summed E-state index contributed by atoms with van der Waals surface area (Å²) in [6.45, 7) is -0.238. The molecule has 1 amide bonds. The van der Waals surface area contributed by atoms with Gasteiger partial charge in [0.15, 0.2) is 9.84 Å². The first-order valence-electron chi connectivity index (χ1n) is 7.22. The number of sulfone groups is 1. The van der Waals surface area contributed by atoms with E-state index in [1.165, 1.54) is 36.4 Å². The molecular formula is C16H15F3N2O4S. The van der Waals surface area contributed by atoms with Crippen LogP contribution in [0.1, 0.15) is 0 Å². The Kier molecular flexibility index (Phi) is 5.76. The van der Waals surface area contributed by atoms with E-state index < -0.39 is 27.9 Å². The number of hydrogen-bond acceptors (Lipinski definition) is 5. The second-order valence-corrected chi connectivity index (χ2v) is 7.29. The van der Waals surface area contributed by atoms with Crippen molar-refractivity contribution in [3.05, 3.63) is 48.5 Å². The highest BCUT2D eigenvalue weighted by atomic mass is 32.2.